The SMILES string of the molecule is CC(C)C[C@H](NC(=O)[C@@H](N)Cc1ccccc1)C(=O)N[C@@H](C)C(=O)N[C@@H](Cc1ccccc1)C(=O)NCC(=O)O. The Kier molecular flexibility index (Phi) is 12.8. The Bertz CT molecular complexity index is 1140. The molecule has 11 heteroatoms. The number of nitrogens with one attached hydrogen (secondary N) is 4. The van der Waals surface area contributed by atoms with Crippen LogP contribution in [0.1, 0.15) is 38.3 Å². The number of amides is 4. The highest BCUT2D eigenvalue weighted by Gasteiger charge is 2.29. The fraction of sp³-hybridized carbons (Fsp3) is 0.414. The first kappa shape index (κ1) is 32.0. The van der Waals surface area contributed by atoms with Crippen molar-refractivity contribution in [3.8, 4) is 0 Å². The maximum Gasteiger partial charge on any atom is 0.322 e. The highest BCUT2D eigenvalue weighted by Crippen LogP contribution is 2.08. The molecule has 0 radical (unpaired) electrons. The molecule has 0 unspecified atom stereocenters. The van der Waals surface area contributed by atoms with Crippen molar-refractivity contribution in [1.29, 1.82) is 0 Å². The first-order chi connectivity index (χ1) is 19.0. The molecule has 2 aromatic carbocycles. The third-order valence-electron chi connectivity index (χ3n) is 6.06. The Balaban J connectivity index is 2.04. The molecule has 2 aromatic rings. The van der Waals surface area contributed by atoms with Crippen LogP contribution < -0.4 is 27.0 Å². The standard InChI is InChI=1S/C29H39N5O6/c1-18(2)14-23(34-27(38)22(30)15-20-10-6-4-7-11-20)29(40)32-19(3)26(37)33-24(28(39)31-17-25(35)36)16-21-12-8-5-9-13-21/h4-13,18-19,22-24H,14-17,30H2,1-3H3,(H,31,39)(H,32,40)(H,33,37)(H,34,38)(H,35,36)/t19-,22-,23-,24-/m0/s1. The molecule has 0 saturated carbocycles. The van der Waals surface area contributed by atoms with Gasteiger partial charge < -0.3 is 32.1 Å². The van der Waals surface area contributed by atoms with Crippen molar-refractivity contribution in [3.05, 3.63) is 71.8 Å². The van der Waals surface area contributed by atoms with E-state index in [1.807, 2.05) is 44.2 Å². The summed E-state index contributed by atoms with van der Waals surface area (Å²) in [5.41, 5.74) is 7.72. The molecule has 0 heterocycles. The van der Waals surface area contributed by atoms with Crippen LogP contribution in [-0.4, -0.2) is 65.4 Å². The average molecular weight is 554 g/mol. The van der Waals surface area contributed by atoms with Gasteiger partial charge in [-0.05, 0) is 36.8 Å². The van der Waals surface area contributed by atoms with E-state index in [-0.39, 0.29) is 12.3 Å². The lowest BCUT2D eigenvalue weighted by Crippen LogP contribution is -2.57. The number of carbonyl (C=O) groups is 5. The molecule has 0 fully saturated rings. The molecule has 40 heavy (non-hydrogen) atoms. The van der Waals surface area contributed by atoms with E-state index >= 15 is 0 Å². The van der Waals surface area contributed by atoms with Gasteiger partial charge in [-0.2, -0.15) is 0 Å². The second-order valence-electron chi connectivity index (χ2n) is 10.1. The van der Waals surface area contributed by atoms with Crippen LogP contribution in [0.2, 0.25) is 0 Å². The molecule has 0 bridgehead atoms. The summed E-state index contributed by atoms with van der Waals surface area (Å²) >= 11 is 0. The zero-order valence-corrected chi connectivity index (χ0v) is 23.1. The number of hydrogen-bond acceptors (Lipinski definition) is 6. The zero-order valence-electron chi connectivity index (χ0n) is 23.1. The molecular formula is C29H39N5O6. The Morgan fingerprint density at radius 2 is 1.23 bits per heavy atom. The van der Waals surface area contributed by atoms with E-state index in [2.05, 4.69) is 21.3 Å². The number of aliphatic carboxylic acids is 1. The molecular weight excluding hydrogens is 514 g/mol. The fourth-order valence-corrected chi connectivity index (χ4v) is 3.96. The topological polar surface area (TPSA) is 180 Å². The Morgan fingerprint density at radius 3 is 1.75 bits per heavy atom. The summed E-state index contributed by atoms with van der Waals surface area (Å²) in [5.74, 6) is -3.53. The second kappa shape index (κ2) is 16.0. The van der Waals surface area contributed by atoms with Crippen molar-refractivity contribution < 1.29 is 29.1 Å². The number of carboxylic acid groups (broad SMARTS) is 1. The van der Waals surface area contributed by atoms with E-state index in [1.165, 1.54) is 6.92 Å². The van der Waals surface area contributed by atoms with Crippen molar-refractivity contribution in [3.63, 3.8) is 0 Å². The van der Waals surface area contributed by atoms with Crippen LogP contribution >= 0.6 is 0 Å². The lowest BCUT2D eigenvalue weighted by molar-refractivity contribution is -0.138. The van der Waals surface area contributed by atoms with E-state index in [0.717, 1.165) is 11.1 Å². The van der Waals surface area contributed by atoms with Crippen molar-refractivity contribution >= 4 is 29.6 Å². The lowest BCUT2D eigenvalue weighted by Gasteiger charge is -2.25. The highest BCUT2D eigenvalue weighted by molar-refractivity contribution is 5.95. The van der Waals surface area contributed by atoms with Crippen LogP contribution in [0.3, 0.4) is 0 Å². The molecule has 0 aliphatic heterocycles. The molecule has 7 N–H and O–H groups in total. The van der Waals surface area contributed by atoms with Gasteiger partial charge in [0, 0.05) is 6.42 Å². The first-order valence-corrected chi connectivity index (χ1v) is 13.2. The summed E-state index contributed by atoms with van der Waals surface area (Å²) in [5, 5.41) is 19.1. The third kappa shape index (κ3) is 11.2. The van der Waals surface area contributed by atoms with Crippen LogP contribution in [0, 0.1) is 5.92 Å². The zero-order chi connectivity index (χ0) is 29.7. The molecule has 0 aliphatic rings. The third-order valence-corrected chi connectivity index (χ3v) is 6.06. The number of rotatable bonds is 15. The number of carbonyl (C=O) groups excluding carboxylic acids is 4. The van der Waals surface area contributed by atoms with Gasteiger partial charge >= 0.3 is 5.97 Å². The van der Waals surface area contributed by atoms with Crippen molar-refractivity contribution in [2.75, 3.05) is 6.54 Å². The average Bonchev–Trinajstić information content (AvgIpc) is 2.91. The van der Waals surface area contributed by atoms with Gasteiger partial charge in [-0.3, -0.25) is 24.0 Å². The summed E-state index contributed by atoms with van der Waals surface area (Å²) < 4.78 is 0. The molecule has 2 rings (SSSR count). The second-order valence-corrected chi connectivity index (χ2v) is 10.1. The van der Waals surface area contributed by atoms with Gasteiger partial charge in [0.25, 0.3) is 0 Å². The first-order valence-electron chi connectivity index (χ1n) is 13.2. The fourth-order valence-electron chi connectivity index (χ4n) is 3.96. The molecule has 0 aromatic heterocycles. The van der Waals surface area contributed by atoms with Gasteiger partial charge in [0.05, 0.1) is 6.04 Å². The van der Waals surface area contributed by atoms with E-state index in [9.17, 15) is 24.0 Å². The maximum absolute atomic E-state index is 13.1. The molecule has 11 nitrogen and oxygen atoms in total. The van der Waals surface area contributed by atoms with Gasteiger partial charge in [-0.25, -0.2) is 0 Å². The Morgan fingerprint density at radius 1 is 0.700 bits per heavy atom. The summed E-state index contributed by atoms with van der Waals surface area (Å²) in [6, 6.07) is 14.3. The van der Waals surface area contributed by atoms with Crippen molar-refractivity contribution in [2.24, 2.45) is 11.7 Å². The highest BCUT2D eigenvalue weighted by atomic mass is 16.4. The monoisotopic (exact) mass is 553 g/mol. The summed E-state index contributed by atoms with van der Waals surface area (Å²) in [7, 11) is 0. The Labute approximate surface area is 234 Å². The molecule has 0 spiro atoms. The van der Waals surface area contributed by atoms with E-state index < -0.39 is 60.3 Å². The van der Waals surface area contributed by atoms with E-state index in [0.29, 0.717) is 12.8 Å². The van der Waals surface area contributed by atoms with Gasteiger partial charge in [-0.1, -0.05) is 74.5 Å². The minimum atomic E-state index is -1.22. The number of hydrogen-bond donors (Lipinski definition) is 6. The van der Waals surface area contributed by atoms with Crippen LogP contribution in [0.4, 0.5) is 0 Å². The molecule has 0 saturated heterocycles. The summed E-state index contributed by atoms with van der Waals surface area (Å²) in [4.78, 5) is 62.4. The van der Waals surface area contributed by atoms with Crippen LogP contribution in [0.5, 0.6) is 0 Å². The normalized spacial score (nSPS) is 13.8. The van der Waals surface area contributed by atoms with E-state index in [4.69, 9.17) is 10.8 Å². The quantitative estimate of drug-likeness (QED) is 0.186. The van der Waals surface area contributed by atoms with E-state index in [1.54, 1.807) is 30.3 Å². The summed E-state index contributed by atoms with van der Waals surface area (Å²) in [6.45, 7) is 4.65. The smallest absolute Gasteiger partial charge is 0.322 e. The molecule has 0 aliphatic carbocycles. The van der Waals surface area contributed by atoms with Crippen molar-refractivity contribution in [2.45, 2.75) is 64.2 Å². The molecule has 4 amide bonds. The predicted octanol–water partition coefficient (Wildman–Crippen LogP) is 0.520. The van der Waals surface area contributed by atoms with Gasteiger partial charge in [0.15, 0.2) is 0 Å². The largest absolute Gasteiger partial charge is 0.480 e. The van der Waals surface area contributed by atoms with Crippen LogP contribution in [0.25, 0.3) is 0 Å². The number of nitrogens with two attached hydrogens (primary N) is 1. The van der Waals surface area contributed by atoms with Crippen LogP contribution in [0.15, 0.2) is 60.7 Å². The number of benzene rings is 2. The van der Waals surface area contributed by atoms with Crippen LogP contribution in [-0.2, 0) is 36.8 Å². The lowest BCUT2D eigenvalue weighted by atomic mass is 10.0. The van der Waals surface area contributed by atoms with Crippen molar-refractivity contribution in [1.82, 2.24) is 21.3 Å². The maximum atomic E-state index is 13.1. The number of carboxylic acids is 1. The predicted molar refractivity (Wildman–Crippen MR) is 150 cm³/mol. The van der Waals surface area contributed by atoms with Gasteiger partial charge in [-0.15, -0.1) is 0 Å². The minimum Gasteiger partial charge on any atom is -0.480 e. The molecule has 4 atom stereocenters. The Hall–Kier alpha value is -4.25. The summed E-state index contributed by atoms with van der Waals surface area (Å²) in [6.07, 6.45) is 0.733. The van der Waals surface area contributed by atoms with Gasteiger partial charge in [0.2, 0.25) is 23.6 Å². The molecule has 216 valence electrons. The van der Waals surface area contributed by atoms with Gasteiger partial charge in [0.1, 0.15) is 24.7 Å². The minimum absolute atomic E-state index is 0.0544.